The normalized spacial score (nSPS) is 11.3. The number of sulfonamides is 1. The van der Waals surface area contributed by atoms with Gasteiger partial charge in [0.2, 0.25) is 15.9 Å². The third-order valence-corrected chi connectivity index (χ3v) is 4.93. The summed E-state index contributed by atoms with van der Waals surface area (Å²) < 4.78 is 31.1. The van der Waals surface area contributed by atoms with Crippen LogP contribution in [-0.4, -0.2) is 33.2 Å². The maximum absolute atomic E-state index is 12.2. The number of amides is 1. The van der Waals surface area contributed by atoms with Gasteiger partial charge in [-0.15, -0.1) is 0 Å². The van der Waals surface area contributed by atoms with E-state index in [9.17, 15) is 13.2 Å². The topological polar surface area (TPSA) is 75.7 Å². The molecule has 0 spiro atoms. The van der Waals surface area contributed by atoms with E-state index in [1.807, 2.05) is 39.0 Å². The maximum Gasteiger partial charge on any atom is 0.232 e. The van der Waals surface area contributed by atoms with Crippen molar-refractivity contribution in [3.05, 3.63) is 54.1 Å². The Kier molecular flexibility index (Phi) is 6.85. The van der Waals surface area contributed by atoms with E-state index in [-0.39, 0.29) is 25.0 Å². The molecule has 2 aromatic carbocycles. The summed E-state index contributed by atoms with van der Waals surface area (Å²) in [5.41, 5.74) is 2.23. The van der Waals surface area contributed by atoms with Crippen LogP contribution in [0.1, 0.15) is 25.8 Å². The molecule has 0 aliphatic rings. The van der Waals surface area contributed by atoms with Gasteiger partial charge in [-0.3, -0.25) is 9.10 Å². The van der Waals surface area contributed by atoms with Crippen molar-refractivity contribution in [2.45, 2.75) is 33.3 Å². The Hall–Kier alpha value is -2.54. The number of aryl methyl sites for hydroxylation is 1. The predicted octanol–water partition coefficient (Wildman–Crippen LogP) is 3.58. The summed E-state index contributed by atoms with van der Waals surface area (Å²) in [7, 11) is -3.52. The van der Waals surface area contributed by atoms with E-state index in [1.54, 1.807) is 30.3 Å². The Bertz CT molecular complexity index is 877. The van der Waals surface area contributed by atoms with Crippen molar-refractivity contribution >= 4 is 27.3 Å². The number of ether oxygens (including phenoxy) is 1. The van der Waals surface area contributed by atoms with Gasteiger partial charge in [-0.1, -0.05) is 12.1 Å². The van der Waals surface area contributed by atoms with Gasteiger partial charge < -0.3 is 10.1 Å². The monoisotopic (exact) mass is 390 g/mol. The first-order valence-electron chi connectivity index (χ1n) is 8.76. The predicted molar refractivity (Wildman–Crippen MR) is 109 cm³/mol. The van der Waals surface area contributed by atoms with Gasteiger partial charge in [0.25, 0.3) is 0 Å². The Labute approximate surface area is 161 Å². The lowest BCUT2D eigenvalue weighted by Crippen LogP contribution is -2.33. The second kappa shape index (κ2) is 8.90. The van der Waals surface area contributed by atoms with Gasteiger partial charge in [0.1, 0.15) is 5.75 Å². The van der Waals surface area contributed by atoms with Crippen LogP contribution in [0.3, 0.4) is 0 Å². The zero-order valence-electron chi connectivity index (χ0n) is 16.1. The molecule has 0 bridgehead atoms. The average Bonchev–Trinajstić information content (AvgIpc) is 2.55. The van der Waals surface area contributed by atoms with E-state index >= 15 is 0 Å². The molecular weight excluding hydrogens is 364 g/mol. The van der Waals surface area contributed by atoms with Crippen molar-refractivity contribution in [3.8, 4) is 5.75 Å². The Morgan fingerprint density at radius 2 is 1.81 bits per heavy atom. The molecule has 0 aliphatic heterocycles. The number of carbonyl (C=O) groups is 1. The largest absolute Gasteiger partial charge is 0.491 e. The molecule has 0 unspecified atom stereocenters. The van der Waals surface area contributed by atoms with Crippen molar-refractivity contribution in [2.75, 3.05) is 22.4 Å². The van der Waals surface area contributed by atoms with Crippen LogP contribution in [0.5, 0.6) is 5.75 Å². The lowest BCUT2D eigenvalue weighted by Gasteiger charge is -2.22. The minimum atomic E-state index is -3.52. The van der Waals surface area contributed by atoms with Crippen LogP contribution in [0, 0.1) is 6.92 Å². The zero-order valence-corrected chi connectivity index (χ0v) is 16.9. The van der Waals surface area contributed by atoms with Crippen LogP contribution in [0.4, 0.5) is 11.4 Å². The van der Waals surface area contributed by atoms with Gasteiger partial charge in [-0.25, -0.2) is 8.42 Å². The third-order valence-electron chi connectivity index (χ3n) is 3.74. The van der Waals surface area contributed by atoms with E-state index in [0.29, 0.717) is 17.1 Å². The first-order chi connectivity index (χ1) is 12.6. The number of rotatable bonds is 8. The molecule has 0 aliphatic carbocycles. The van der Waals surface area contributed by atoms with E-state index in [4.69, 9.17) is 4.74 Å². The lowest BCUT2D eigenvalue weighted by atomic mass is 10.2. The first kappa shape index (κ1) is 20.8. The van der Waals surface area contributed by atoms with Crippen molar-refractivity contribution in [1.82, 2.24) is 0 Å². The standard InChI is InChI=1S/C20H26N2O4S/c1-15(2)26-19-10-8-18(9-11-19)22(27(4,24)25)13-12-20(23)21-17-7-5-6-16(3)14-17/h5-11,14-15H,12-13H2,1-4H3,(H,21,23). The van der Waals surface area contributed by atoms with E-state index in [1.165, 1.54) is 4.31 Å². The molecule has 0 atom stereocenters. The van der Waals surface area contributed by atoms with E-state index < -0.39 is 10.0 Å². The lowest BCUT2D eigenvalue weighted by molar-refractivity contribution is -0.116. The summed E-state index contributed by atoms with van der Waals surface area (Å²) in [6.45, 7) is 5.84. The van der Waals surface area contributed by atoms with E-state index in [0.717, 1.165) is 11.8 Å². The SMILES string of the molecule is Cc1cccc(NC(=O)CCN(c2ccc(OC(C)C)cc2)S(C)(=O)=O)c1. The van der Waals surface area contributed by atoms with Crippen LogP contribution in [-0.2, 0) is 14.8 Å². The molecule has 0 heterocycles. The Morgan fingerprint density at radius 1 is 1.15 bits per heavy atom. The van der Waals surface area contributed by atoms with Gasteiger partial charge in [0, 0.05) is 18.7 Å². The highest BCUT2D eigenvalue weighted by molar-refractivity contribution is 7.92. The minimum absolute atomic E-state index is 0.0344. The molecule has 0 saturated carbocycles. The molecule has 6 nitrogen and oxygen atoms in total. The fourth-order valence-electron chi connectivity index (χ4n) is 2.60. The van der Waals surface area contributed by atoms with Crippen molar-refractivity contribution in [3.63, 3.8) is 0 Å². The molecule has 2 rings (SSSR count). The molecule has 0 saturated heterocycles. The molecule has 146 valence electrons. The first-order valence-corrected chi connectivity index (χ1v) is 10.6. The highest BCUT2D eigenvalue weighted by Crippen LogP contribution is 2.22. The molecule has 27 heavy (non-hydrogen) atoms. The van der Waals surface area contributed by atoms with Crippen LogP contribution in [0.15, 0.2) is 48.5 Å². The summed E-state index contributed by atoms with van der Waals surface area (Å²) in [6.07, 6.45) is 1.21. The Balaban J connectivity index is 2.05. The molecule has 1 N–H and O–H groups in total. The zero-order chi connectivity index (χ0) is 20.0. The number of anilines is 2. The van der Waals surface area contributed by atoms with E-state index in [2.05, 4.69) is 5.32 Å². The second-order valence-corrected chi connectivity index (χ2v) is 8.57. The van der Waals surface area contributed by atoms with Crippen LogP contribution >= 0.6 is 0 Å². The molecule has 1 amide bonds. The quantitative estimate of drug-likeness (QED) is 0.748. The average molecular weight is 391 g/mol. The number of carbonyl (C=O) groups excluding carboxylic acids is 1. The highest BCUT2D eigenvalue weighted by Gasteiger charge is 2.19. The van der Waals surface area contributed by atoms with Gasteiger partial charge in [-0.2, -0.15) is 0 Å². The van der Waals surface area contributed by atoms with Gasteiger partial charge in [0.15, 0.2) is 0 Å². The van der Waals surface area contributed by atoms with Crippen molar-refractivity contribution in [2.24, 2.45) is 0 Å². The highest BCUT2D eigenvalue weighted by atomic mass is 32.2. The minimum Gasteiger partial charge on any atom is -0.491 e. The number of nitrogens with zero attached hydrogens (tertiary/aromatic N) is 1. The summed E-state index contributed by atoms with van der Waals surface area (Å²) in [5, 5.41) is 2.79. The summed E-state index contributed by atoms with van der Waals surface area (Å²) in [5.74, 6) is 0.424. The third kappa shape index (κ3) is 6.60. The fourth-order valence-corrected chi connectivity index (χ4v) is 3.53. The fraction of sp³-hybridized carbons (Fsp3) is 0.350. The van der Waals surface area contributed by atoms with Crippen molar-refractivity contribution in [1.29, 1.82) is 0 Å². The number of benzene rings is 2. The molecule has 2 aromatic rings. The summed E-state index contributed by atoms with van der Waals surface area (Å²) in [6, 6.07) is 14.3. The maximum atomic E-state index is 12.2. The van der Waals surface area contributed by atoms with Gasteiger partial charge in [-0.05, 0) is 62.7 Å². The molecule has 7 heteroatoms. The summed E-state index contributed by atoms with van der Waals surface area (Å²) >= 11 is 0. The van der Waals surface area contributed by atoms with Crippen molar-refractivity contribution < 1.29 is 17.9 Å². The summed E-state index contributed by atoms with van der Waals surface area (Å²) in [4.78, 5) is 12.2. The number of hydrogen-bond acceptors (Lipinski definition) is 4. The van der Waals surface area contributed by atoms with Crippen LogP contribution < -0.4 is 14.4 Å². The number of hydrogen-bond donors (Lipinski definition) is 1. The second-order valence-electron chi connectivity index (χ2n) is 6.66. The smallest absolute Gasteiger partial charge is 0.232 e. The number of nitrogens with one attached hydrogen (secondary N) is 1. The molecule has 0 aromatic heterocycles. The molecular formula is C20H26N2O4S. The van der Waals surface area contributed by atoms with Crippen LogP contribution in [0.2, 0.25) is 0 Å². The van der Waals surface area contributed by atoms with Gasteiger partial charge >= 0.3 is 0 Å². The Morgan fingerprint density at radius 3 is 2.37 bits per heavy atom. The van der Waals surface area contributed by atoms with Crippen LogP contribution in [0.25, 0.3) is 0 Å². The molecule has 0 fully saturated rings. The van der Waals surface area contributed by atoms with Gasteiger partial charge in [0.05, 0.1) is 18.0 Å². The molecule has 0 radical (unpaired) electrons.